The number of ether oxygens (including phenoxy) is 5. The van der Waals surface area contributed by atoms with Crippen molar-refractivity contribution in [1.82, 2.24) is 0 Å². The monoisotopic (exact) mass is 614 g/mol. The van der Waals surface area contributed by atoms with Gasteiger partial charge in [0, 0.05) is 5.41 Å². The normalized spacial score (nSPS) is 20.7. The summed E-state index contributed by atoms with van der Waals surface area (Å²) in [6.07, 6.45) is 4.24. The van der Waals surface area contributed by atoms with Crippen LogP contribution in [0.2, 0.25) is 0 Å². The molecule has 0 radical (unpaired) electrons. The highest BCUT2D eigenvalue weighted by atomic mass is 16.5. The minimum atomic E-state index is -0.444. The van der Waals surface area contributed by atoms with E-state index in [1.807, 2.05) is 36.4 Å². The summed E-state index contributed by atoms with van der Waals surface area (Å²) >= 11 is 0. The Morgan fingerprint density at radius 3 is 2.02 bits per heavy atom. The maximum absolute atomic E-state index is 13.0. The van der Waals surface area contributed by atoms with Crippen LogP contribution in [0.15, 0.2) is 72.8 Å². The molecule has 45 heavy (non-hydrogen) atoms. The van der Waals surface area contributed by atoms with E-state index in [-0.39, 0.29) is 17.5 Å². The zero-order valence-corrected chi connectivity index (χ0v) is 27.0. The molecule has 0 N–H and O–H groups in total. The standard InChI is InChI=1S/C38H46O7/c1-5-38(24-42-25-38)23-41-20-21-43-32-15-13-31(14-16-32)36(39)44-33-17-11-29(12-18-33)28-7-9-30(10-8-28)37(40)45-35-22-27(4)6-19-34(35)26(2)3/h7-18,26-27,34-35H,5-6,19-25H2,1-4H3. The van der Waals surface area contributed by atoms with Crippen molar-refractivity contribution in [1.29, 1.82) is 0 Å². The second-order valence-corrected chi connectivity index (χ2v) is 13.0. The first-order valence-corrected chi connectivity index (χ1v) is 16.3. The maximum Gasteiger partial charge on any atom is 0.343 e. The molecule has 1 aliphatic heterocycles. The van der Waals surface area contributed by atoms with E-state index in [1.54, 1.807) is 36.4 Å². The van der Waals surface area contributed by atoms with E-state index in [1.165, 1.54) is 6.42 Å². The van der Waals surface area contributed by atoms with Crippen molar-refractivity contribution in [3.63, 3.8) is 0 Å². The van der Waals surface area contributed by atoms with Crippen LogP contribution >= 0.6 is 0 Å². The van der Waals surface area contributed by atoms with Crippen LogP contribution in [-0.2, 0) is 14.2 Å². The average molecular weight is 615 g/mol. The second kappa shape index (κ2) is 15.1. The van der Waals surface area contributed by atoms with E-state index < -0.39 is 5.97 Å². The largest absolute Gasteiger partial charge is 0.491 e. The molecule has 3 aromatic rings. The molecule has 0 spiro atoms. The Labute approximate surface area is 267 Å². The number of rotatable bonds is 13. The van der Waals surface area contributed by atoms with E-state index in [0.29, 0.717) is 60.2 Å². The van der Waals surface area contributed by atoms with Gasteiger partial charge in [-0.2, -0.15) is 0 Å². The van der Waals surface area contributed by atoms with Gasteiger partial charge in [0.05, 0.1) is 37.6 Å². The fourth-order valence-electron chi connectivity index (χ4n) is 6.11. The highest BCUT2D eigenvalue weighted by molar-refractivity contribution is 5.91. The lowest BCUT2D eigenvalue weighted by Crippen LogP contribution is -2.45. The predicted octanol–water partition coefficient (Wildman–Crippen LogP) is 8.01. The first-order chi connectivity index (χ1) is 21.7. The molecule has 1 heterocycles. The zero-order valence-electron chi connectivity index (χ0n) is 27.0. The molecule has 5 rings (SSSR count). The Morgan fingerprint density at radius 2 is 1.42 bits per heavy atom. The molecule has 2 aliphatic rings. The third kappa shape index (κ3) is 8.53. The van der Waals surface area contributed by atoms with Crippen LogP contribution in [0.3, 0.4) is 0 Å². The molecule has 3 aromatic carbocycles. The topological polar surface area (TPSA) is 80.3 Å². The van der Waals surface area contributed by atoms with Gasteiger partial charge in [-0.25, -0.2) is 9.59 Å². The molecule has 0 bridgehead atoms. The lowest BCUT2D eigenvalue weighted by Gasteiger charge is -2.40. The summed E-state index contributed by atoms with van der Waals surface area (Å²) in [6, 6.07) is 21.7. The van der Waals surface area contributed by atoms with Gasteiger partial charge < -0.3 is 23.7 Å². The Kier molecular flexibility index (Phi) is 11.0. The Bertz CT molecular complexity index is 1390. The molecule has 7 heteroatoms. The van der Waals surface area contributed by atoms with Gasteiger partial charge in [0.2, 0.25) is 0 Å². The van der Waals surface area contributed by atoms with E-state index >= 15 is 0 Å². The molecule has 2 fully saturated rings. The molecule has 1 aliphatic carbocycles. The third-order valence-electron chi connectivity index (χ3n) is 9.30. The summed E-state index contributed by atoms with van der Waals surface area (Å²) in [4.78, 5) is 25.7. The van der Waals surface area contributed by atoms with Crippen LogP contribution in [0.25, 0.3) is 11.1 Å². The summed E-state index contributed by atoms with van der Waals surface area (Å²) in [5.74, 6) is 1.88. The van der Waals surface area contributed by atoms with Crippen molar-refractivity contribution in [2.75, 3.05) is 33.0 Å². The van der Waals surface area contributed by atoms with Gasteiger partial charge in [-0.3, -0.25) is 0 Å². The summed E-state index contributed by atoms with van der Waals surface area (Å²) in [6.45, 7) is 11.9. The van der Waals surface area contributed by atoms with Crippen LogP contribution in [0.1, 0.15) is 74.1 Å². The van der Waals surface area contributed by atoms with E-state index in [9.17, 15) is 9.59 Å². The highest BCUT2D eigenvalue weighted by Gasteiger charge is 2.37. The van der Waals surface area contributed by atoms with Crippen LogP contribution in [0.4, 0.5) is 0 Å². The molecule has 240 valence electrons. The lowest BCUT2D eigenvalue weighted by molar-refractivity contribution is -0.151. The highest BCUT2D eigenvalue weighted by Crippen LogP contribution is 2.36. The molecular formula is C38H46O7. The summed E-state index contributed by atoms with van der Waals surface area (Å²) in [5.41, 5.74) is 3.06. The van der Waals surface area contributed by atoms with Gasteiger partial charge in [0.25, 0.3) is 0 Å². The fraction of sp³-hybridized carbons (Fsp3) is 0.474. The van der Waals surface area contributed by atoms with Crippen molar-refractivity contribution in [2.24, 2.45) is 23.2 Å². The number of carbonyl (C=O) groups excluding carboxylic acids is 2. The molecule has 3 unspecified atom stereocenters. The van der Waals surface area contributed by atoms with E-state index in [2.05, 4.69) is 27.7 Å². The summed E-state index contributed by atoms with van der Waals surface area (Å²) < 4.78 is 28.4. The minimum Gasteiger partial charge on any atom is -0.491 e. The van der Waals surface area contributed by atoms with Crippen molar-refractivity contribution >= 4 is 11.9 Å². The van der Waals surface area contributed by atoms with Gasteiger partial charge >= 0.3 is 11.9 Å². The van der Waals surface area contributed by atoms with Gasteiger partial charge in [-0.15, -0.1) is 0 Å². The van der Waals surface area contributed by atoms with Crippen molar-refractivity contribution in [2.45, 2.75) is 59.5 Å². The molecule has 0 aromatic heterocycles. The summed E-state index contributed by atoms with van der Waals surface area (Å²) in [7, 11) is 0. The van der Waals surface area contributed by atoms with Gasteiger partial charge in [-0.05, 0) is 96.7 Å². The second-order valence-electron chi connectivity index (χ2n) is 13.0. The lowest BCUT2D eigenvalue weighted by atomic mass is 9.75. The minimum absolute atomic E-state index is 0.0289. The van der Waals surface area contributed by atoms with Gasteiger partial charge in [0.15, 0.2) is 0 Å². The van der Waals surface area contributed by atoms with Crippen LogP contribution in [0, 0.1) is 23.2 Å². The SMILES string of the molecule is CCC1(COCCOc2ccc(C(=O)Oc3ccc(-c4ccc(C(=O)OC5CC(C)CCC5C(C)C)cc4)cc3)cc2)COC1. The van der Waals surface area contributed by atoms with E-state index in [0.717, 1.165) is 43.6 Å². The average Bonchev–Trinajstić information content (AvgIpc) is 3.02. The van der Waals surface area contributed by atoms with Gasteiger partial charge in [0.1, 0.15) is 24.2 Å². The fourth-order valence-corrected chi connectivity index (χ4v) is 6.11. The zero-order chi connectivity index (χ0) is 31.8. The number of hydrogen-bond acceptors (Lipinski definition) is 7. The maximum atomic E-state index is 13.0. The number of benzene rings is 3. The molecule has 7 nitrogen and oxygen atoms in total. The molecule has 1 saturated heterocycles. The number of esters is 2. The predicted molar refractivity (Wildman–Crippen MR) is 174 cm³/mol. The molecule has 0 amide bonds. The Hall–Kier alpha value is -3.68. The summed E-state index contributed by atoms with van der Waals surface area (Å²) in [5, 5.41) is 0. The van der Waals surface area contributed by atoms with Crippen LogP contribution in [0.5, 0.6) is 11.5 Å². The Morgan fingerprint density at radius 1 is 0.822 bits per heavy atom. The number of hydrogen-bond donors (Lipinski definition) is 0. The molecular weight excluding hydrogens is 568 g/mol. The third-order valence-corrected chi connectivity index (χ3v) is 9.30. The molecule has 1 saturated carbocycles. The first kappa shape index (κ1) is 32.7. The van der Waals surface area contributed by atoms with Crippen molar-refractivity contribution < 1.29 is 33.3 Å². The Balaban J connectivity index is 1.08. The quantitative estimate of drug-likeness (QED) is 0.110. The first-order valence-electron chi connectivity index (χ1n) is 16.3. The van der Waals surface area contributed by atoms with Crippen molar-refractivity contribution in [3.05, 3.63) is 83.9 Å². The van der Waals surface area contributed by atoms with Crippen LogP contribution < -0.4 is 9.47 Å². The van der Waals surface area contributed by atoms with Gasteiger partial charge in [-0.1, -0.05) is 58.4 Å². The number of carbonyl (C=O) groups is 2. The van der Waals surface area contributed by atoms with Crippen LogP contribution in [-0.4, -0.2) is 51.1 Å². The van der Waals surface area contributed by atoms with E-state index in [4.69, 9.17) is 23.7 Å². The molecule has 3 atom stereocenters. The van der Waals surface area contributed by atoms with Crippen molar-refractivity contribution in [3.8, 4) is 22.6 Å². The smallest absolute Gasteiger partial charge is 0.343 e.